The lowest BCUT2D eigenvalue weighted by Gasteiger charge is -2.36. The molecule has 0 spiro atoms. The Morgan fingerprint density at radius 1 is 1.25 bits per heavy atom. The van der Waals surface area contributed by atoms with Gasteiger partial charge in [-0.3, -0.25) is 9.59 Å². The number of carbonyl (C=O) groups excluding carboxylic acids is 1. The standard InChI is InChI=1S/C22H27N3O2S/c1-5-17(21(26)24-11-13(2)10-14(3)12-24)25-22(27)19-16-8-6-7-9-18(16)28-20(19)15(4)23-25/h6-9,13-14,17H,5,10-12H2,1-4H3/t13-,14-,17-/m1/s1. The quantitative estimate of drug-likeness (QED) is 0.659. The summed E-state index contributed by atoms with van der Waals surface area (Å²) in [5, 5.41) is 6.24. The molecule has 3 aromatic rings. The number of benzene rings is 1. The van der Waals surface area contributed by atoms with Gasteiger partial charge in [0.15, 0.2) is 0 Å². The highest BCUT2D eigenvalue weighted by Gasteiger charge is 2.32. The van der Waals surface area contributed by atoms with Crippen molar-refractivity contribution in [2.24, 2.45) is 11.8 Å². The smallest absolute Gasteiger partial charge is 0.276 e. The fourth-order valence-corrected chi connectivity index (χ4v) is 5.73. The summed E-state index contributed by atoms with van der Waals surface area (Å²) in [5.74, 6) is 0.994. The summed E-state index contributed by atoms with van der Waals surface area (Å²) < 4.78 is 3.45. The van der Waals surface area contributed by atoms with Gasteiger partial charge in [0.2, 0.25) is 5.91 Å². The second kappa shape index (κ2) is 7.32. The number of hydrogen-bond donors (Lipinski definition) is 0. The fourth-order valence-electron chi connectivity index (χ4n) is 4.60. The number of thiophene rings is 1. The molecule has 1 aliphatic rings. The number of amides is 1. The highest BCUT2D eigenvalue weighted by Crippen LogP contribution is 2.33. The predicted octanol–water partition coefficient (Wildman–Crippen LogP) is 4.38. The summed E-state index contributed by atoms with van der Waals surface area (Å²) in [5.41, 5.74) is 0.652. The van der Waals surface area contributed by atoms with Gasteiger partial charge in [-0.1, -0.05) is 39.0 Å². The molecule has 3 heterocycles. The molecule has 0 unspecified atom stereocenters. The highest BCUT2D eigenvalue weighted by molar-refractivity contribution is 7.26. The summed E-state index contributed by atoms with van der Waals surface area (Å²) >= 11 is 1.60. The first-order chi connectivity index (χ1) is 13.4. The van der Waals surface area contributed by atoms with E-state index in [1.165, 1.54) is 4.68 Å². The van der Waals surface area contributed by atoms with Crippen molar-refractivity contribution in [2.45, 2.75) is 46.6 Å². The van der Waals surface area contributed by atoms with E-state index in [4.69, 9.17) is 0 Å². The molecule has 1 aliphatic heterocycles. The molecular weight excluding hydrogens is 370 g/mol. The van der Waals surface area contributed by atoms with Crippen molar-refractivity contribution in [1.29, 1.82) is 0 Å². The van der Waals surface area contributed by atoms with E-state index in [2.05, 4.69) is 18.9 Å². The zero-order valence-corrected chi connectivity index (χ0v) is 17.8. The predicted molar refractivity (Wildman–Crippen MR) is 115 cm³/mol. The molecule has 3 atom stereocenters. The number of rotatable bonds is 3. The second-order valence-electron chi connectivity index (χ2n) is 8.25. The van der Waals surface area contributed by atoms with Gasteiger partial charge in [0, 0.05) is 23.2 Å². The lowest BCUT2D eigenvalue weighted by atomic mass is 9.91. The maximum atomic E-state index is 13.4. The first-order valence-corrected chi connectivity index (χ1v) is 10.9. The van der Waals surface area contributed by atoms with E-state index in [1.54, 1.807) is 11.3 Å². The molecule has 6 heteroatoms. The van der Waals surface area contributed by atoms with Crippen LogP contribution in [0.1, 0.15) is 45.3 Å². The Balaban J connectivity index is 1.82. The number of likely N-dealkylation sites (tertiary alicyclic amines) is 1. The summed E-state index contributed by atoms with van der Waals surface area (Å²) in [6.07, 6.45) is 1.70. The fraction of sp³-hybridized carbons (Fsp3) is 0.500. The van der Waals surface area contributed by atoms with Gasteiger partial charge < -0.3 is 4.90 Å². The lowest BCUT2D eigenvalue weighted by Crippen LogP contribution is -2.47. The first-order valence-electron chi connectivity index (χ1n) is 10.1. The van der Waals surface area contributed by atoms with E-state index in [-0.39, 0.29) is 11.5 Å². The molecule has 4 rings (SSSR count). The molecule has 5 nitrogen and oxygen atoms in total. The Labute approximate surface area is 169 Å². The molecule has 2 aromatic heterocycles. The Hall–Kier alpha value is -2.21. The Bertz CT molecular complexity index is 1090. The van der Waals surface area contributed by atoms with Crippen molar-refractivity contribution in [3.8, 4) is 0 Å². The summed E-state index contributed by atoms with van der Waals surface area (Å²) in [4.78, 5) is 28.7. The molecule has 28 heavy (non-hydrogen) atoms. The van der Waals surface area contributed by atoms with Gasteiger partial charge in [-0.05, 0) is 37.7 Å². The van der Waals surface area contributed by atoms with Crippen molar-refractivity contribution in [1.82, 2.24) is 14.7 Å². The van der Waals surface area contributed by atoms with E-state index >= 15 is 0 Å². The minimum absolute atomic E-state index is 0.0220. The van der Waals surface area contributed by atoms with Crippen molar-refractivity contribution < 1.29 is 4.79 Å². The summed E-state index contributed by atoms with van der Waals surface area (Å²) in [6, 6.07) is 7.40. The Morgan fingerprint density at radius 3 is 2.61 bits per heavy atom. The van der Waals surface area contributed by atoms with Gasteiger partial charge >= 0.3 is 0 Å². The van der Waals surface area contributed by atoms with E-state index in [1.807, 2.05) is 43.0 Å². The number of piperidine rings is 1. The van der Waals surface area contributed by atoms with Crippen LogP contribution in [0.15, 0.2) is 29.1 Å². The van der Waals surface area contributed by atoms with Gasteiger partial charge in [0.25, 0.3) is 5.56 Å². The summed E-state index contributed by atoms with van der Waals surface area (Å²) in [6.45, 7) is 9.78. The van der Waals surface area contributed by atoms with Crippen molar-refractivity contribution in [3.05, 3.63) is 40.3 Å². The van der Waals surface area contributed by atoms with Crippen LogP contribution in [0.2, 0.25) is 0 Å². The molecular formula is C22H27N3O2S. The number of carbonyl (C=O) groups is 1. The van der Waals surface area contributed by atoms with Gasteiger partial charge in [0.05, 0.1) is 15.8 Å². The number of fused-ring (bicyclic) bond motifs is 3. The molecule has 148 valence electrons. The van der Waals surface area contributed by atoms with Crippen molar-refractivity contribution in [2.75, 3.05) is 13.1 Å². The third kappa shape index (κ3) is 3.13. The number of nitrogens with zero attached hydrogens (tertiary/aromatic N) is 3. The molecule has 1 fully saturated rings. The van der Waals surface area contributed by atoms with E-state index in [9.17, 15) is 9.59 Å². The van der Waals surface area contributed by atoms with E-state index in [0.29, 0.717) is 23.6 Å². The van der Waals surface area contributed by atoms with Crippen LogP contribution in [0.3, 0.4) is 0 Å². The van der Waals surface area contributed by atoms with Crippen LogP contribution in [-0.2, 0) is 4.79 Å². The molecule has 0 bridgehead atoms. The molecule has 1 saturated heterocycles. The van der Waals surface area contributed by atoms with Crippen LogP contribution in [0.25, 0.3) is 20.2 Å². The van der Waals surface area contributed by atoms with Crippen LogP contribution >= 0.6 is 11.3 Å². The topological polar surface area (TPSA) is 55.2 Å². The lowest BCUT2D eigenvalue weighted by molar-refractivity contribution is -0.138. The maximum Gasteiger partial charge on any atom is 0.276 e. The molecule has 0 saturated carbocycles. The van der Waals surface area contributed by atoms with Crippen LogP contribution in [-0.4, -0.2) is 33.7 Å². The Morgan fingerprint density at radius 2 is 1.93 bits per heavy atom. The third-order valence-corrected chi connectivity index (χ3v) is 7.03. The van der Waals surface area contributed by atoms with E-state index < -0.39 is 6.04 Å². The normalized spacial score (nSPS) is 21.4. The van der Waals surface area contributed by atoms with Crippen LogP contribution in [0.4, 0.5) is 0 Å². The van der Waals surface area contributed by atoms with Crippen molar-refractivity contribution in [3.63, 3.8) is 0 Å². The minimum Gasteiger partial charge on any atom is -0.340 e. The number of hydrogen-bond acceptors (Lipinski definition) is 4. The van der Waals surface area contributed by atoms with Crippen LogP contribution < -0.4 is 5.56 Å². The van der Waals surface area contributed by atoms with Crippen molar-refractivity contribution >= 4 is 37.4 Å². The molecule has 1 amide bonds. The zero-order valence-electron chi connectivity index (χ0n) is 16.9. The molecule has 0 aliphatic carbocycles. The zero-order chi connectivity index (χ0) is 20.0. The third-order valence-electron chi connectivity index (χ3n) is 5.75. The highest BCUT2D eigenvalue weighted by atomic mass is 32.1. The average Bonchev–Trinajstić information content (AvgIpc) is 3.06. The summed E-state index contributed by atoms with van der Waals surface area (Å²) in [7, 11) is 0. The molecule has 1 aromatic carbocycles. The second-order valence-corrected chi connectivity index (χ2v) is 9.30. The van der Waals surface area contributed by atoms with Crippen LogP contribution in [0.5, 0.6) is 0 Å². The van der Waals surface area contributed by atoms with Gasteiger partial charge in [-0.15, -0.1) is 11.3 Å². The van der Waals surface area contributed by atoms with Gasteiger partial charge in [0.1, 0.15) is 6.04 Å². The monoisotopic (exact) mass is 397 g/mol. The van der Waals surface area contributed by atoms with Gasteiger partial charge in [-0.25, -0.2) is 4.68 Å². The van der Waals surface area contributed by atoms with E-state index in [0.717, 1.165) is 40.0 Å². The first kappa shape index (κ1) is 19.1. The maximum absolute atomic E-state index is 13.4. The van der Waals surface area contributed by atoms with Gasteiger partial charge in [-0.2, -0.15) is 5.10 Å². The molecule has 0 N–H and O–H groups in total. The molecule has 0 radical (unpaired) electrons. The minimum atomic E-state index is -0.549. The largest absolute Gasteiger partial charge is 0.340 e. The number of aromatic nitrogens is 2. The SMILES string of the molecule is CC[C@H](C(=O)N1C[C@H](C)C[C@@H](C)C1)n1nc(C)c2sc3ccccc3c2c1=O. The number of aryl methyl sites for hydroxylation is 1. The van der Waals surface area contributed by atoms with Crippen LogP contribution in [0, 0.1) is 18.8 Å². The Kier molecular flexibility index (Phi) is 5.00. The average molecular weight is 398 g/mol.